The lowest BCUT2D eigenvalue weighted by molar-refractivity contribution is -0.144. The van der Waals surface area contributed by atoms with E-state index in [2.05, 4.69) is 15.6 Å². The number of amides is 4. The number of nitrogens with one attached hydrogen (secondary N) is 2. The van der Waals surface area contributed by atoms with Crippen molar-refractivity contribution in [3.8, 4) is 10.4 Å². The molecule has 12 nitrogen and oxygen atoms in total. The number of β-amino-alcohol motifs (C(OH)–C–C–N with tert-alkyl or cyclic N) is 1. The van der Waals surface area contributed by atoms with E-state index in [1.165, 1.54) is 9.80 Å². The first-order chi connectivity index (χ1) is 23.7. The number of likely N-dealkylation sites (N-methyl/N-ethyl adjacent to an activating group) is 1. The molecule has 2 aromatic rings. The number of rotatable bonds is 10. The third-order valence-corrected chi connectivity index (χ3v) is 10.3. The number of carbonyl (C=O) groups excluding carboxylic acids is 4. The quantitative estimate of drug-likeness (QED) is 0.325. The standard InChI is InChI=1S/C37H55FN6O6S/c1-23(25-10-12-26(13-11-25)30-24(2)39-22-51-30)40-32(47)28-18-27(45)19-44(28)33(48)31(35(3,4)5)41-29(46)20-42(9)21-37(38)14-16-43(17-15-37)34(49)50-36(6,7)8/h10-13,22-23,27-28,31,45H,14-21H2,1-9H3,(H,40,47)(H,41,46)/t23-,27+,28-,31+/m0/s1. The summed E-state index contributed by atoms with van der Waals surface area (Å²) in [6.45, 7) is 14.8. The highest BCUT2D eigenvalue weighted by molar-refractivity contribution is 7.13. The Kier molecular flexibility index (Phi) is 12.6. The molecule has 0 spiro atoms. The maximum atomic E-state index is 15.8. The van der Waals surface area contributed by atoms with E-state index in [4.69, 9.17) is 4.74 Å². The zero-order valence-corrected chi connectivity index (χ0v) is 32.2. The van der Waals surface area contributed by atoms with Crippen LogP contribution < -0.4 is 10.6 Å². The minimum atomic E-state index is -1.60. The number of aromatic nitrogens is 1. The molecule has 0 saturated carbocycles. The highest BCUT2D eigenvalue weighted by Gasteiger charge is 2.45. The predicted octanol–water partition coefficient (Wildman–Crippen LogP) is 4.46. The van der Waals surface area contributed by atoms with Crippen LogP contribution >= 0.6 is 11.3 Å². The van der Waals surface area contributed by atoms with Crippen LogP contribution in [-0.2, 0) is 19.1 Å². The molecule has 2 aliphatic rings. The van der Waals surface area contributed by atoms with Crippen LogP contribution in [0.4, 0.5) is 9.18 Å². The van der Waals surface area contributed by atoms with Gasteiger partial charge in [-0.25, -0.2) is 14.2 Å². The number of carbonyl (C=O) groups is 4. The van der Waals surface area contributed by atoms with Gasteiger partial charge in [0.25, 0.3) is 0 Å². The van der Waals surface area contributed by atoms with Crippen molar-refractivity contribution in [3.05, 3.63) is 41.0 Å². The zero-order valence-electron chi connectivity index (χ0n) is 31.4. The van der Waals surface area contributed by atoms with E-state index in [-0.39, 0.29) is 63.9 Å². The lowest BCUT2D eigenvalue weighted by Gasteiger charge is -2.39. The van der Waals surface area contributed by atoms with Gasteiger partial charge in [0.15, 0.2) is 0 Å². The van der Waals surface area contributed by atoms with Gasteiger partial charge in [-0.2, -0.15) is 0 Å². The Hall–Kier alpha value is -3.62. The number of alkyl halides is 1. The number of ether oxygens (including phenoxy) is 1. The molecular formula is C37H55FN6O6S. The number of benzene rings is 1. The molecule has 0 aliphatic carbocycles. The van der Waals surface area contributed by atoms with Crippen molar-refractivity contribution in [2.24, 2.45) is 5.41 Å². The number of aliphatic hydroxyl groups excluding tert-OH is 1. The van der Waals surface area contributed by atoms with Gasteiger partial charge in [0.05, 0.1) is 34.8 Å². The molecule has 1 aromatic heterocycles. The Balaban J connectivity index is 1.34. The van der Waals surface area contributed by atoms with Crippen LogP contribution in [0.5, 0.6) is 0 Å². The first kappa shape index (κ1) is 40.2. The number of aliphatic hydroxyl groups is 1. The Morgan fingerprint density at radius 1 is 1.10 bits per heavy atom. The Morgan fingerprint density at radius 2 is 1.73 bits per heavy atom. The SMILES string of the molecule is Cc1ncsc1-c1ccc([C@H](C)NC(=O)[C@@H]2C[C@@H](O)CN2C(=O)[C@@H](NC(=O)CN(C)CC2(F)CCN(C(=O)OC(C)(C)C)CC2)C(C)(C)C)cc1. The van der Waals surface area contributed by atoms with Crippen LogP contribution in [0.3, 0.4) is 0 Å². The number of piperidine rings is 1. The third-order valence-electron chi connectivity index (χ3n) is 9.34. The number of hydrogen-bond acceptors (Lipinski definition) is 9. The Bertz CT molecular complexity index is 1550. The smallest absolute Gasteiger partial charge is 0.410 e. The van der Waals surface area contributed by atoms with Crippen LogP contribution in [0.25, 0.3) is 10.4 Å². The molecule has 0 bridgehead atoms. The number of hydrogen-bond donors (Lipinski definition) is 3. The Morgan fingerprint density at radius 3 is 2.27 bits per heavy atom. The minimum Gasteiger partial charge on any atom is -0.444 e. The molecule has 14 heteroatoms. The molecule has 2 aliphatic heterocycles. The largest absolute Gasteiger partial charge is 0.444 e. The molecule has 1 aromatic carbocycles. The number of thiazole rings is 1. The summed E-state index contributed by atoms with van der Waals surface area (Å²) < 4.78 is 21.2. The van der Waals surface area contributed by atoms with Crippen molar-refractivity contribution in [1.29, 1.82) is 0 Å². The highest BCUT2D eigenvalue weighted by atomic mass is 32.1. The maximum Gasteiger partial charge on any atom is 0.410 e. The topological polar surface area (TPSA) is 144 Å². The van der Waals surface area contributed by atoms with Crippen molar-refractivity contribution in [2.75, 3.05) is 39.8 Å². The molecule has 4 amide bonds. The van der Waals surface area contributed by atoms with E-state index in [1.54, 1.807) is 44.1 Å². The minimum absolute atomic E-state index is 0.0247. The first-order valence-corrected chi connectivity index (χ1v) is 18.5. The fourth-order valence-electron chi connectivity index (χ4n) is 6.58. The van der Waals surface area contributed by atoms with Crippen LogP contribution in [0.15, 0.2) is 29.8 Å². The summed E-state index contributed by atoms with van der Waals surface area (Å²) in [5, 5.41) is 16.4. The number of likely N-dealkylation sites (tertiary alicyclic amines) is 2. The summed E-state index contributed by atoms with van der Waals surface area (Å²) in [5.41, 5.74) is 1.72. The third kappa shape index (κ3) is 10.7. The number of aryl methyl sites for hydroxylation is 1. The van der Waals surface area contributed by atoms with E-state index in [0.29, 0.717) is 0 Å². The van der Waals surface area contributed by atoms with E-state index in [0.717, 1.165) is 21.7 Å². The van der Waals surface area contributed by atoms with E-state index in [1.807, 2.05) is 64.4 Å². The summed E-state index contributed by atoms with van der Waals surface area (Å²) in [7, 11) is 1.64. The van der Waals surface area contributed by atoms with Crippen LogP contribution in [0.1, 0.15) is 85.0 Å². The summed E-state index contributed by atoms with van der Waals surface area (Å²) >= 11 is 1.57. The van der Waals surface area contributed by atoms with Crippen molar-refractivity contribution in [1.82, 2.24) is 30.3 Å². The maximum absolute atomic E-state index is 15.8. The van der Waals surface area contributed by atoms with Gasteiger partial charge in [0.2, 0.25) is 17.7 Å². The Labute approximate surface area is 305 Å². The van der Waals surface area contributed by atoms with Gasteiger partial charge in [-0.05, 0) is 58.2 Å². The average Bonchev–Trinajstić information content (AvgIpc) is 3.63. The average molecular weight is 731 g/mol. The normalized spacial score (nSPS) is 20.5. The van der Waals surface area contributed by atoms with Crippen molar-refractivity contribution in [3.63, 3.8) is 0 Å². The van der Waals surface area contributed by atoms with Gasteiger partial charge in [-0.3, -0.25) is 19.3 Å². The molecule has 2 saturated heterocycles. The lowest BCUT2D eigenvalue weighted by Crippen LogP contribution is -2.59. The molecular weight excluding hydrogens is 676 g/mol. The fraction of sp³-hybridized carbons (Fsp3) is 0.649. The van der Waals surface area contributed by atoms with Crippen LogP contribution in [0.2, 0.25) is 0 Å². The summed E-state index contributed by atoms with van der Waals surface area (Å²) in [4.78, 5) is 63.2. The van der Waals surface area contributed by atoms with Gasteiger partial charge in [0.1, 0.15) is 23.4 Å². The molecule has 4 atom stereocenters. The summed E-state index contributed by atoms with van der Waals surface area (Å²) in [6, 6.07) is 5.60. The fourth-order valence-corrected chi connectivity index (χ4v) is 7.39. The molecule has 3 N–H and O–H groups in total. The summed E-state index contributed by atoms with van der Waals surface area (Å²) in [5.74, 6) is -1.32. The van der Waals surface area contributed by atoms with Crippen molar-refractivity contribution < 1.29 is 33.4 Å². The molecule has 3 heterocycles. The number of halogens is 1. The second kappa shape index (κ2) is 16.0. The second-order valence-corrected chi connectivity index (χ2v) is 17.0. The lowest BCUT2D eigenvalue weighted by atomic mass is 9.85. The van der Waals surface area contributed by atoms with Crippen molar-refractivity contribution in [2.45, 2.75) is 110 Å². The number of nitrogens with zero attached hydrogens (tertiary/aromatic N) is 4. The molecule has 51 heavy (non-hydrogen) atoms. The van der Waals surface area contributed by atoms with Gasteiger partial charge in [-0.15, -0.1) is 11.3 Å². The van der Waals surface area contributed by atoms with E-state index < -0.39 is 52.8 Å². The van der Waals surface area contributed by atoms with Crippen LogP contribution in [-0.4, -0.2) is 118 Å². The van der Waals surface area contributed by atoms with Gasteiger partial charge >= 0.3 is 6.09 Å². The van der Waals surface area contributed by atoms with Gasteiger partial charge in [-0.1, -0.05) is 45.0 Å². The second-order valence-electron chi connectivity index (χ2n) is 16.2. The van der Waals surface area contributed by atoms with Crippen molar-refractivity contribution >= 4 is 35.2 Å². The molecule has 0 radical (unpaired) electrons. The molecule has 282 valence electrons. The van der Waals surface area contributed by atoms with Gasteiger partial charge in [0, 0.05) is 45.4 Å². The first-order valence-electron chi connectivity index (χ1n) is 17.6. The zero-order chi connectivity index (χ0) is 37.9. The van der Waals surface area contributed by atoms with E-state index >= 15 is 4.39 Å². The van der Waals surface area contributed by atoms with Gasteiger partial charge < -0.3 is 30.3 Å². The van der Waals surface area contributed by atoms with Crippen LogP contribution in [0, 0.1) is 12.3 Å². The monoisotopic (exact) mass is 730 g/mol. The highest BCUT2D eigenvalue weighted by Crippen LogP contribution is 2.31. The van der Waals surface area contributed by atoms with E-state index in [9.17, 15) is 24.3 Å². The molecule has 4 rings (SSSR count). The predicted molar refractivity (Wildman–Crippen MR) is 195 cm³/mol. The molecule has 2 fully saturated rings. The molecule has 0 unspecified atom stereocenters. The summed E-state index contributed by atoms with van der Waals surface area (Å²) in [6.07, 6.45) is -1.07.